The van der Waals surface area contributed by atoms with Crippen molar-refractivity contribution in [2.45, 2.75) is 26.3 Å². The maximum atomic E-state index is 6.32. The second-order valence-corrected chi connectivity index (χ2v) is 7.59. The first-order chi connectivity index (χ1) is 9.49. The molecule has 1 fully saturated rings. The van der Waals surface area contributed by atoms with Gasteiger partial charge in [-0.3, -0.25) is 4.90 Å². The van der Waals surface area contributed by atoms with E-state index in [1.807, 2.05) is 6.07 Å². The highest BCUT2D eigenvalue weighted by atomic mass is 79.9. The van der Waals surface area contributed by atoms with Crippen LogP contribution < -0.4 is 11.1 Å². The normalized spacial score (nSPS) is 18.4. The summed E-state index contributed by atoms with van der Waals surface area (Å²) in [5.41, 5.74) is 8.44. The summed E-state index contributed by atoms with van der Waals surface area (Å²) < 4.78 is 2.06. The summed E-state index contributed by atoms with van der Waals surface area (Å²) in [5, 5.41) is 3.42. The summed E-state index contributed by atoms with van der Waals surface area (Å²) >= 11 is 7.16. The third kappa shape index (κ3) is 3.97. The number of halogens is 2. The van der Waals surface area contributed by atoms with Gasteiger partial charge >= 0.3 is 0 Å². The van der Waals surface area contributed by atoms with Crippen molar-refractivity contribution in [1.29, 1.82) is 0 Å². The molecule has 1 saturated heterocycles. The van der Waals surface area contributed by atoms with Gasteiger partial charge in [0.15, 0.2) is 0 Å². The molecule has 0 aromatic heterocycles. The number of hydrogen-bond donors (Lipinski definition) is 2. The van der Waals surface area contributed by atoms with E-state index in [4.69, 9.17) is 5.73 Å². The molecule has 0 unspecified atom stereocenters. The van der Waals surface area contributed by atoms with Crippen molar-refractivity contribution < 1.29 is 0 Å². The highest BCUT2D eigenvalue weighted by Crippen LogP contribution is 2.37. The quantitative estimate of drug-likeness (QED) is 0.750. The van der Waals surface area contributed by atoms with E-state index in [1.54, 1.807) is 0 Å². The maximum Gasteiger partial charge on any atom is 0.0507 e. The second-order valence-electron chi connectivity index (χ2n) is 5.82. The van der Waals surface area contributed by atoms with E-state index in [0.29, 0.717) is 12.0 Å². The molecule has 1 aromatic rings. The third-order valence-corrected chi connectivity index (χ3v) is 4.89. The lowest BCUT2D eigenvalue weighted by atomic mass is 9.94. The number of benzene rings is 1. The van der Waals surface area contributed by atoms with Crippen molar-refractivity contribution in [3.8, 4) is 0 Å². The molecule has 1 aromatic carbocycles. The van der Waals surface area contributed by atoms with Crippen molar-refractivity contribution in [2.24, 2.45) is 5.92 Å². The summed E-state index contributed by atoms with van der Waals surface area (Å²) in [5.74, 6) is 0.645. The van der Waals surface area contributed by atoms with Gasteiger partial charge in [0.2, 0.25) is 0 Å². The summed E-state index contributed by atoms with van der Waals surface area (Å²) in [7, 11) is 0. The molecule has 0 radical (unpaired) electrons. The molecule has 2 rings (SSSR count). The molecule has 1 aliphatic rings. The van der Waals surface area contributed by atoms with Crippen molar-refractivity contribution in [3.63, 3.8) is 0 Å². The number of piperazine rings is 1. The number of anilines is 1. The Morgan fingerprint density at radius 3 is 2.50 bits per heavy atom. The Morgan fingerprint density at radius 2 is 1.90 bits per heavy atom. The predicted octanol–water partition coefficient (Wildman–Crippen LogP) is 3.79. The molecule has 112 valence electrons. The van der Waals surface area contributed by atoms with Crippen LogP contribution in [0.25, 0.3) is 0 Å². The fourth-order valence-electron chi connectivity index (χ4n) is 2.79. The summed E-state index contributed by atoms with van der Waals surface area (Å²) in [4.78, 5) is 2.56. The average Bonchev–Trinajstić information content (AvgIpc) is 2.41. The number of nitrogens with one attached hydrogen (secondary N) is 1. The highest BCUT2D eigenvalue weighted by Gasteiger charge is 2.25. The van der Waals surface area contributed by atoms with Gasteiger partial charge in [-0.05, 0) is 46.0 Å². The molecule has 1 heterocycles. The summed E-state index contributed by atoms with van der Waals surface area (Å²) in [6.45, 7) is 8.84. The van der Waals surface area contributed by atoms with Gasteiger partial charge in [-0.2, -0.15) is 0 Å². The molecule has 3 nitrogen and oxygen atoms in total. The van der Waals surface area contributed by atoms with Crippen molar-refractivity contribution in [2.75, 3.05) is 31.9 Å². The number of hydrogen-bond acceptors (Lipinski definition) is 3. The smallest absolute Gasteiger partial charge is 0.0507 e. The number of rotatable bonds is 4. The van der Waals surface area contributed by atoms with Gasteiger partial charge in [0.05, 0.1) is 5.69 Å². The predicted molar refractivity (Wildman–Crippen MR) is 92.9 cm³/mol. The van der Waals surface area contributed by atoms with E-state index in [-0.39, 0.29) is 0 Å². The second kappa shape index (κ2) is 7.25. The van der Waals surface area contributed by atoms with Gasteiger partial charge in [-0.1, -0.05) is 29.8 Å². The minimum absolute atomic E-state index is 0.394. The standard InChI is InChI=1S/C15H23Br2N3/c1-10(2)7-14(20-5-3-19-4-6-20)12-8-11(16)9-13(17)15(12)18/h8-10,14,19H,3-7,18H2,1-2H3/t14-/m1/s1. The van der Waals surface area contributed by atoms with Crippen LogP contribution in [0.5, 0.6) is 0 Å². The minimum atomic E-state index is 0.394. The van der Waals surface area contributed by atoms with Crippen LogP contribution >= 0.6 is 31.9 Å². The molecule has 0 bridgehead atoms. The van der Waals surface area contributed by atoms with E-state index < -0.39 is 0 Å². The molecule has 0 amide bonds. The Kier molecular flexibility index (Phi) is 5.90. The lowest BCUT2D eigenvalue weighted by Crippen LogP contribution is -2.45. The molecule has 3 N–H and O–H groups in total. The number of nitrogens with two attached hydrogens (primary N) is 1. The highest BCUT2D eigenvalue weighted by molar-refractivity contribution is 9.11. The van der Waals surface area contributed by atoms with Crippen LogP contribution in [0.3, 0.4) is 0 Å². The SMILES string of the molecule is CC(C)C[C@H](c1cc(Br)cc(Br)c1N)N1CCNCC1. The Hall–Kier alpha value is -0.100. The fraction of sp³-hybridized carbons (Fsp3) is 0.600. The molecule has 0 saturated carbocycles. The minimum Gasteiger partial charge on any atom is -0.398 e. The monoisotopic (exact) mass is 403 g/mol. The van der Waals surface area contributed by atoms with E-state index in [9.17, 15) is 0 Å². The fourth-order valence-corrected chi connectivity index (χ4v) is 4.05. The van der Waals surface area contributed by atoms with Crippen LogP contribution in [0.1, 0.15) is 31.9 Å². The first-order valence-electron chi connectivity index (χ1n) is 7.18. The van der Waals surface area contributed by atoms with Crippen LogP contribution in [0.4, 0.5) is 5.69 Å². The Bertz CT molecular complexity index is 457. The third-order valence-electron chi connectivity index (χ3n) is 3.77. The molecule has 20 heavy (non-hydrogen) atoms. The van der Waals surface area contributed by atoms with Gasteiger partial charge in [-0.15, -0.1) is 0 Å². The van der Waals surface area contributed by atoms with Crippen LogP contribution in [-0.4, -0.2) is 31.1 Å². The molecule has 5 heteroatoms. The van der Waals surface area contributed by atoms with Gasteiger partial charge in [-0.25, -0.2) is 0 Å². The molecule has 1 aliphatic heterocycles. The van der Waals surface area contributed by atoms with Crippen molar-refractivity contribution in [1.82, 2.24) is 10.2 Å². The molecular formula is C15H23Br2N3. The zero-order chi connectivity index (χ0) is 14.7. The summed E-state index contributed by atoms with van der Waals surface area (Å²) in [6, 6.07) is 4.59. The Balaban J connectivity index is 2.34. The number of nitrogen functional groups attached to an aromatic ring is 1. The van der Waals surface area contributed by atoms with Gasteiger partial charge < -0.3 is 11.1 Å². The van der Waals surface area contributed by atoms with E-state index in [2.05, 4.69) is 62.0 Å². The van der Waals surface area contributed by atoms with Crippen LogP contribution in [0, 0.1) is 5.92 Å². The first kappa shape index (κ1) is 16.3. The zero-order valence-corrected chi connectivity index (χ0v) is 15.3. The van der Waals surface area contributed by atoms with Crippen LogP contribution in [0.2, 0.25) is 0 Å². The molecular weight excluding hydrogens is 382 g/mol. The van der Waals surface area contributed by atoms with Crippen LogP contribution in [0.15, 0.2) is 21.1 Å². The van der Waals surface area contributed by atoms with Gasteiger partial charge in [0.25, 0.3) is 0 Å². The van der Waals surface area contributed by atoms with Gasteiger partial charge in [0, 0.05) is 41.2 Å². The Labute approximate surface area is 138 Å². The lowest BCUT2D eigenvalue weighted by molar-refractivity contribution is 0.154. The maximum absolute atomic E-state index is 6.32. The average molecular weight is 405 g/mol. The van der Waals surface area contributed by atoms with Crippen LogP contribution in [-0.2, 0) is 0 Å². The van der Waals surface area contributed by atoms with E-state index in [0.717, 1.165) is 47.2 Å². The molecule has 0 spiro atoms. The molecule has 0 aliphatic carbocycles. The lowest BCUT2D eigenvalue weighted by Gasteiger charge is -2.37. The van der Waals surface area contributed by atoms with Gasteiger partial charge in [0.1, 0.15) is 0 Å². The zero-order valence-electron chi connectivity index (χ0n) is 12.1. The molecule has 1 atom stereocenters. The Morgan fingerprint density at radius 1 is 1.25 bits per heavy atom. The first-order valence-corrected chi connectivity index (χ1v) is 8.76. The number of nitrogens with zero attached hydrogens (tertiary/aromatic N) is 1. The van der Waals surface area contributed by atoms with Crippen molar-refractivity contribution in [3.05, 3.63) is 26.6 Å². The van der Waals surface area contributed by atoms with E-state index in [1.165, 1.54) is 5.56 Å². The summed E-state index contributed by atoms with van der Waals surface area (Å²) in [6.07, 6.45) is 1.13. The topological polar surface area (TPSA) is 41.3 Å². The van der Waals surface area contributed by atoms with Crippen molar-refractivity contribution >= 4 is 37.5 Å². The van der Waals surface area contributed by atoms with E-state index >= 15 is 0 Å². The largest absolute Gasteiger partial charge is 0.398 e.